The Morgan fingerprint density at radius 3 is 2.27 bits per heavy atom. The minimum Gasteiger partial charge on any atom is -0.493 e. The Balaban J connectivity index is 1.21. The largest absolute Gasteiger partial charge is 0.493 e. The molecule has 3 aromatic carbocycles. The van der Waals surface area contributed by atoms with Gasteiger partial charge in [0.2, 0.25) is 11.8 Å². The number of ether oxygens (including phenoxy) is 2. The second kappa shape index (κ2) is 11.4. The lowest BCUT2D eigenvalue weighted by molar-refractivity contribution is -0.122. The van der Waals surface area contributed by atoms with Crippen LogP contribution in [0.15, 0.2) is 84.9 Å². The summed E-state index contributed by atoms with van der Waals surface area (Å²) in [5.74, 6) is 0.570. The van der Waals surface area contributed by atoms with Crippen LogP contribution in [0.1, 0.15) is 28.2 Å². The average Bonchev–Trinajstić information content (AvgIpc) is 3.51. The Kier molecular flexibility index (Phi) is 7.54. The lowest BCUT2D eigenvalue weighted by atomic mass is 10.1. The topological polar surface area (TPSA) is 102 Å². The van der Waals surface area contributed by atoms with Crippen LogP contribution in [0.25, 0.3) is 0 Å². The average molecular weight is 539 g/mol. The van der Waals surface area contributed by atoms with Crippen molar-refractivity contribution in [3.05, 3.63) is 102 Å². The Bertz CT molecular complexity index is 1540. The molecule has 1 saturated heterocycles. The van der Waals surface area contributed by atoms with Gasteiger partial charge in [0.1, 0.15) is 5.75 Å². The molecule has 0 spiro atoms. The van der Waals surface area contributed by atoms with E-state index in [4.69, 9.17) is 9.47 Å². The molecule has 2 heterocycles. The summed E-state index contributed by atoms with van der Waals surface area (Å²) in [5.41, 5.74) is 6.25. The summed E-state index contributed by atoms with van der Waals surface area (Å²) in [6, 6.07) is 25.0. The van der Waals surface area contributed by atoms with E-state index in [-0.39, 0.29) is 30.7 Å². The third-order valence-electron chi connectivity index (χ3n) is 6.82. The van der Waals surface area contributed by atoms with Gasteiger partial charge in [0, 0.05) is 41.3 Å². The van der Waals surface area contributed by atoms with Gasteiger partial charge in [0.25, 0.3) is 5.91 Å². The molecule has 1 fully saturated rings. The van der Waals surface area contributed by atoms with Crippen LogP contribution in [-0.4, -0.2) is 36.1 Å². The maximum Gasteiger partial charge on any atom is 0.270 e. The molecular weight excluding hydrogens is 508 g/mol. The van der Waals surface area contributed by atoms with Crippen molar-refractivity contribution in [2.75, 3.05) is 29.3 Å². The standard InChI is InChI=1S/C31H30N4O5/c1-20-11-12-21(2)35(20)33-31(38)22-7-6-8-24(17-22)32-30(37)23-18-29(36)34(19-23)25-13-15-26(16-14-25)40-28-10-5-4-9-27(28)39-3/h4-17,23H,18-19H2,1-3H3,(H,32,37)(H,33,38)/t23-/m1/s1. The van der Waals surface area contributed by atoms with Gasteiger partial charge in [-0.25, -0.2) is 0 Å². The van der Waals surface area contributed by atoms with Gasteiger partial charge in [0.15, 0.2) is 11.5 Å². The molecule has 2 N–H and O–H groups in total. The minimum absolute atomic E-state index is 0.0949. The highest BCUT2D eigenvalue weighted by atomic mass is 16.5. The molecule has 1 aliphatic rings. The number of amides is 3. The first kappa shape index (κ1) is 26.6. The first-order valence-electron chi connectivity index (χ1n) is 12.9. The highest BCUT2D eigenvalue weighted by Gasteiger charge is 2.35. The summed E-state index contributed by atoms with van der Waals surface area (Å²) < 4.78 is 13.0. The number of rotatable bonds is 8. The number of hydrogen-bond donors (Lipinski definition) is 2. The Labute approximate surface area is 232 Å². The highest BCUT2D eigenvalue weighted by molar-refractivity contribution is 6.05. The van der Waals surface area contributed by atoms with Gasteiger partial charge in [-0.05, 0) is 80.6 Å². The van der Waals surface area contributed by atoms with Crippen molar-refractivity contribution in [2.24, 2.45) is 5.92 Å². The molecule has 0 unspecified atom stereocenters. The molecular formula is C31H30N4O5. The zero-order valence-corrected chi connectivity index (χ0v) is 22.5. The van der Waals surface area contributed by atoms with Gasteiger partial charge in [-0.3, -0.25) is 24.5 Å². The zero-order valence-electron chi connectivity index (χ0n) is 22.5. The summed E-state index contributed by atoms with van der Waals surface area (Å²) >= 11 is 0. The summed E-state index contributed by atoms with van der Waals surface area (Å²) in [6.07, 6.45) is 0.0949. The highest BCUT2D eigenvalue weighted by Crippen LogP contribution is 2.33. The van der Waals surface area contributed by atoms with E-state index in [0.717, 1.165) is 11.4 Å². The number of carbonyl (C=O) groups excluding carboxylic acids is 3. The molecule has 3 amide bonds. The van der Waals surface area contributed by atoms with E-state index in [1.165, 1.54) is 0 Å². The number of anilines is 2. The molecule has 0 radical (unpaired) electrons. The smallest absolute Gasteiger partial charge is 0.270 e. The molecule has 5 rings (SSSR count). The SMILES string of the molecule is COc1ccccc1Oc1ccc(N2C[C@H](C(=O)Nc3cccc(C(=O)Nn4c(C)ccc4C)c3)CC2=O)cc1. The summed E-state index contributed by atoms with van der Waals surface area (Å²) in [5, 5.41) is 2.86. The van der Waals surface area contributed by atoms with Crippen LogP contribution in [0.5, 0.6) is 17.2 Å². The number of aryl methyl sites for hydroxylation is 2. The van der Waals surface area contributed by atoms with Crippen molar-refractivity contribution >= 4 is 29.1 Å². The van der Waals surface area contributed by atoms with E-state index in [0.29, 0.717) is 34.2 Å². The predicted octanol–water partition coefficient (Wildman–Crippen LogP) is 5.28. The van der Waals surface area contributed by atoms with Crippen LogP contribution in [0.2, 0.25) is 0 Å². The van der Waals surface area contributed by atoms with Crippen LogP contribution >= 0.6 is 0 Å². The molecule has 9 heteroatoms. The van der Waals surface area contributed by atoms with Gasteiger partial charge < -0.3 is 19.7 Å². The number of nitrogens with zero attached hydrogens (tertiary/aromatic N) is 2. The first-order valence-corrected chi connectivity index (χ1v) is 12.9. The molecule has 0 saturated carbocycles. The monoisotopic (exact) mass is 538 g/mol. The molecule has 40 heavy (non-hydrogen) atoms. The molecule has 1 atom stereocenters. The number of benzene rings is 3. The summed E-state index contributed by atoms with van der Waals surface area (Å²) in [4.78, 5) is 40.3. The van der Waals surface area contributed by atoms with E-state index in [9.17, 15) is 14.4 Å². The molecule has 1 aromatic heterocycles. The molecule has 1 aliphatic heterocycles. The number of methoxy groups -OCH3 is 1. The van der Waals surface area contributed by atoms with Gasteiger partial charge in [0.05, 0.1) is 13.0 Å². The number of nitrogens with one attached hydrogen (secondary N) is 2. The van der Waals surface area contributed by atoms with Gasteiger partial charge >= 0.3 is 0 Å². The van der Waals surface area contributed by atoms with Crippen LogP contribution < -0.4 is 25.1 Å². The van der Waals surface area contributed by atoms with Crippen molar-refractivity contribution in [1.82, 2.24) is 4.68 Å². The Hall–Kier alpha value is -5.05. The molecule has 204 valence electrons. The van der Waals surface area contributed by atoms with Crippen LogP contribution in [0.4, 0.5) is 11.4 Å². The van der Waals surface area contributed by atoms with Crippen molar-refractivity contribution in [3.63, 3.8) is 0 Å². The van der Waals surface area contributed by atoms with Crippen molar-refractivity contribution in [1.29, 1.82) is 0 Å². The van der Waals surface area contributed by atoms with Crippen molar-refractivity contribution in [3.8, 4) is 17.2 Å². The van der Waals surface area contributed by atoms with E-state index in [2.05, 4.69) is 10.7 Å². The van der Waals surface area contributed by atoms with Crippen LogP contribution in [0, 0.1) is 19.8 Å². The fourth-order valence-electron chi connectivity index (χ4n) is 4.65. The van der Waals surface area contributed by atoms with Crippen molar-refractivity contribution in [2.45, 2.75) is 20.3 Å². The van der Waals surface area contributed by atoms with Gasteiger partial charge in [-0.15, -0.1) is 0 Å². The second-order valence-corrected chi connectivity index (χ2v) is 9.61. The summed E-state index contributed by atoms with van der Waals surface area (Å²) in [7, 11) is 1.58. The number of aromatic nitrogens is 1. The quantitative estimate of drug-likeness (QED) is 0.318. The lowest BCUT2D eigenvalue weighted by Crippen LogP contribution is -2.28. The third-order valence-corrected chi connectivity index (χ3v) is 6.82. The second-order valence-electron chi connectivity index (χ2n) is 9.61. The first-order chi connectivity index (χ1) is 19.3. The third kappa shape index (κ3) is 5.68. The number of para-hydroxylation sites is 2. The minimum atomic E-state index is -0.528. The zero-order chi connectivity index (χ0) is 28.2. The van der Waals surface area contributed by atoms with Gasteiger partial charge in [-0.2, -0.15) is 0 Å². The Morgan fingerprint density at radius 2 is 1.57 bits per heavy atom. The molecule has 0 aliphatic carbocycles. The normalized spacial score (nSPS) is 14.6. The van der Waals surface area contributed by atoms with Crippen LogP contribution in [-0.2, 0) is 9.59 Å². The fraction of sp³-hybridized carbons (Fsp3) is 0.194. The maximum absolute atomic E-state index is 13.1. The van der Waals surface area contributed by atoms with E-state index < -0.39 is 5.92 Å². The predicted molar refractivity (Wildman–Crippen MR) is 153 cm³/mol. The van der Waals surface area contributed by atoms with E-state index in [1.807, 2.05) is 50.2 Å². The fourth-order valence-corrected chi connectivity index (χ4v) is 4.65. The van der Waals surface area contributed by atoms with Gasteiger partial charge in [-0.1, -0.05) is 18.2 Å². The maximum atomic E-state index is 13.1. The summed E-state index contributed by atoms with van der Waals surface area (Å²) in [6.45, 7) is 4.06. The molecule has 4 aromatic rings. The van der Waals surface area contributed by atoms with Crippen molar-refractivity contribution < 1.29 is 23.9 Å². The number of hydrogen-bond acceptors (Lipinski definition) is 5. The van der Waals surface area contributed by atoms with Crippen LogP contribution in [0.3, 0.4) is 0 Å². The van der Waals surface area contributed by atoms with E-state index in [1.54, 1.807) is 65.2 Å². The number of carbonyl (C=O) groups is 3. The lowest BCUT2D eigenvalue weighted by Gasteiger charge is -2.17. The Morgan fingerprint density at radius 1 is 0.875 bits per heavy atom. The van der Waals surface area contributed by atoms with E-state index >= 15 is 0 Å². The molecule has 9 nitrogen and oxygen atoms in total. The molecule has 0 bridgehead atoms.